The molecule has 22 heavy (non-hydrogen) atoms. The van der Waals surface area contributed by atoms with Gasteiger partial charge in [-0.25, -0.2) is 0 Å². The summed E-state index contributed by atoms with van der Waals surface area (Å²) in [5, 5.41) is 5.29. The van der Waals surface area contributed by atoms with Crippen LogP contribution in [-0.4, -0.2) is 67.7 Å². The normalized spacial score (nSPS) is 18.6. The summed E-state index contributed by atoms with van der Waals surface area (Å²) in [6.07, 6.45) is -0.342. The van der Waals surface area contributed by atoms with Crippen LogP contribution in [-0.2, 0) is 16.1 Å². The molecule has 0 bridgehead atoms. The van der Waals surface area contributed by atoms with E-state index in [1.54, 1.807) is 11.3 Å². The topological polar surface area (TPSA) is 44.8 Å². The van der Waals surface area contributed by atoms with Crippen molar-refractivity contribution in [3.63, 3.8) is 0 Å². The molecule has 1 aromatic rings. The number of thiophene rings is 1. The highest BCUT2D eigenvalue weighted by molar-refractivity contribution is 7.09. The summed E-state index contributed by atoms with van der Waals surface area (Å²) in [6, 6.07) is 4.12. The van der Waals surface area contributed by atoms with Crippen LogP contribution in [0.3, 0.4) is 0 Å². The molecule has 1 saturated heterocycles. The SMILES string of the molecule is CCN(CC)CCN(Cc1cccs1)C(=O)C1CNCCO1. The summed E-state index contributed by atoms with van der Waals surface area (Å²) in [6.45, 7) is 10.7. The van der Waals surface area contributed by atoms with Crippen molar-refractivity contribution < 1.29 is 9.53 Å². The van der Waals surface area contributed by atoms with Gasteiger partial charge in [-0.15, -0.1) is 11.3 Å². The zero-order chi connectivity index (χ0) is 15.8. The van der Waals surface area contributed by atoms with Crippen molar-refractivity contribution in [3.05, 3.63) is 22.4 Å². The Kier molecular flexibility index (Phi) is 7.32. The second-order valence-electron chi connectivity index (χ2n) is 5.43. The van der Waals surface area contributed by atoms with Gasteiger partial charge in [-0.3, -0.25) is 4.79 Å². The van der Waals surface area contributed by atoms with E-state index in [1.807, 2.05) is 11.0 Å². The van der Waals surface area contributed by atoms with Gasteiger partial charge in [-0.2, -0.15) is 0 Å². The molecule has 6 heteroatoms. The average Bonchev–Trinajstić information content (AvgIpc) is 3.08. The number of ether oxygens (including phenoxy) is 1. The predicted molar refractivity (Wildman–Crippen MR) is 90.1 cm³/mol. The number of carbonyl (C=O) groups excluding carboxylic acids is 1. The lowest BCUT2D eigenvalue weighted by atomic mass is 10.2. The molecule has 1 aliphatic heterocycles. The van der Waals surface area contributed by atoms with Crippen molar-refractivity contribution in [3.8, 4) is 0 Å². The lowest BCUT2D eigenvalue weighted by Gasteiger charge is -2.31. The highest BCUT2D eigenvalue weighted by Crippen LogP contribution is 2.14. The quantitative estimate of drug-likeness (QED) is 0.785. The predicted octanol–water partition coefficient (Wildman–Crippen LogP) is 1.41. The second-order valence-corrected chi connectivity index (χ2v) is 6.46. The summed E-state index contributed by atoms with van der Waals surface area (Å²) >= 11 is 1.70. The van der Waals surface area contributed by atoms with Gasteiger partial charge in [0, 0.05) is 31.1 Å². The molecule has 1 amide bonds. The lowest BCUT2D eigenvalue weighted by molar-refractivity contribution is -0.146. The van der Waals surface area contributed by atoms with E-state index in [9.17, 15) is 4.79 Å². The average molecular weight is 325 g/mol. The fourth-order valence-corrected chi connectivity index (χ4v) is 3.31. The molecule has 2 heterocycles. The van der Waals surface area contributed by atoms with Gasteiger partial charge in [-0.05, 0) is 24.5 Å². The molecule has 1 atom stereocenters. The molecule has 1 unspecified atom stereocenters. The third kappa shape index (κ3) is 5.05. The zero-order valence-electron chi connectivity index (χ0n) is 13.6. The van der Waals surface area contributed by atoms with Gasteiger partial charge in [0.05, 0.1) is 13.2 Å². The Morgan fingerprint density at radius 3 is 2.82 bits per heavy atom. The minimum atomic E-state index is -0.342. The van der Waals surface area contributed by atoms with Crippen LogP contribution in [0.15, 0.2) is 17.5 Å². The summed E-state index contributed by atoms with van der Waals surface area (Å²) in [7, 11) is 0. The Hall–Kier alpha value is -0.950. The molecule has 0 spiro atoms. The first kappa shape index (κ1) is 17.4. The number of morpholine rings is 1. The molecule has 2 rings (SSSR count). The number of likely N-dealkylation sites (N-methyl/N-ethyl adjacent to an activating group) is 1. The number of hydrogen-bond acceptors (Lipinski definition) is 5. The monoisotopic (exact) mass is 325 g/mol. The standard InChI is InChI=1S/C16H27N3O2S/c1-3-18(4-2)8-9-19(13-14-6-5-11-22-14)16(20)15-12-17-7-10-21-15/h5-6,11,15,17H,3-4,7-10,12-13H2,1-2H3. The molecule has 1 aliphatic rings. The minimum absolute atomic E-state index is 0.104. The van der Waals surface area contributed by atoms with Crippen LogP contribution in [0.4, 0.5) is 0 Å². The van der Waals surface area contributed by atoms with E-state index < -0.39 is 0 Å². The van der Waals surface area contributed by atoms with Gasteiger partial charge < -0.3 is 19.9 Å². The number of amides is 1. The van der Waals surface area contributed by atoms with Crippen molar-refractivity contribution in [1.82, 2.24) is 15.1 Å². The Bertz CT molecular complexity index is 429. The van der Waals surface area contributed by atoms with Crippen molar-refractivity contribution in [2.75, 3.05) is 45.9 Å². The molecule has 5 nitrogen and oxygen atoms in total. The molecule has 1 fully saturated rings. The molecule has 124 valence electrons. The molecule has 0 saturated carbocycles. The molecule has 1 N–H and O–H groups in total. The molecule has 0 aromatic carbocycles. The van der Waals surface area contributed by atoms with Crippen LogP contribution < -0.4 is 5.32 Å². The Morgan fingerprint density at radius 2 is 2.23 bits per heavy atom. The van der Waals surface area contributed by atoms with Gasteiger partial charge in [0.25, 0.3) is 5.91 Å². The Balaban J connectivity index is 1.97. The summed E-state index contributed by atoms with van der Waals surface area (Å²) in [4.78, 5) is 18.3. The van der Waals surface area contributed by atoms with Crippen LogP contribution in [0, 0.1) is 0 Å². The first-order chi connectivity index (χ1) is 10.7. The van der Waals surface area contributed by atoms with Gasteiger partial charge in [0.1, 0.15) is 6.10 Å². The molecular weight excluding hydrogens is 298 g/mol. The molecule has 0 radical (unpaired) electrons. The lowest BCUT2D eigenvalue weighted by Crippen LogP contribution is -2.50. The fourth-order valence-electron chi connectivity index (χ4n) is 2.59. The Morgan fingerprint density at radius 1 is 1.41 bits per heavy atom. The zero-order valence-corrected chi connectivity index (χ0v) is 14.4. The maximum absolute atomic E-state index is 12.8. The van der Waals surface area contributed by atoms with Gasteiger partial charge in [0.15, 0.2) is 0 Å². The maximum atomic E-state index is 12.8. The first-order valence-electron chi connectivity index (χ1n) is 8.10. The van der Waals surface area contributed by atoms with E-state index in [0.29, 0.717) is 19.7 Å². The summed E-state index contributed by atoms with van der Waals surface area (Å²) in [5.41, 5.74) is 0. The van der Waals surface area contributed by atoms with Crippen LogP contribution >= 0.6 is 11.3 Å². The summed E-state index contributed by atoms with van der Waals surface area (Å²) < 4.78 is 5.64. The van der Waals surface area contributed by atoms with Gasteiger partial charge >= 0.3 is 0 Å². The van der Waals surface area contributed by atoms with Gasteiger partial charge in [0.2, 0.25) is 0 Å². The van der Waals surface area contributed by atoms with Crippen molar-refractivity contribution in [2.45, 2.75) is 26.5 Å². The Labute approximate surface area is 137 Å². The molecule has 0 aliphatic carbocycles. The third-order valence-electron chi connectivity index (χ3n) is 4.02. The largest absolute Gasteiger partial charge is 0.366 e. The number of nitrogens with zero attached hydrogens (tertiary/aromatic N) is 2. The van der Waals surface area contributed by atoms with E-state index in [2.05, 4.69) is 35.5 Å². The minimum Gasteiger partial charge on any atom is -0.366 e. The van der Waals surface area contributed by atoms with E-state index in [1.165, 1.54) is 4.88 Å². The number of hydrogen-bond donors (Lipinski definition) is 1. The second kappa shape index (κ2) is 9.25. The third-order valence-corrected chi connectivity index (χ3v) is 4.88. The van der Waals surface area contributed by atoms with E-state index in [4.69, 9.17) is 4.74 Å². The van der Waals surface area contributed by atoms with Crippen molar-refractivity contribution in [2.24, 2.45) is 0 Å². The highest BCUT2D eigenvalue weighted by atomic mass is 32.1. The molecular formula is C16H27N3O2S. The molecule has 1 aromatic heterocycles. The summed E-state index contributed by atoms with van der Waals surface area (Å²) in [5.74, 6) is 0.104. The number of carbonyl (C=O) groups is 1. The van der Waals surface area contributed by atoms with Crippen molar-refractivity contribution >= 4 is 17.2 Å². The maximum Gasteiger partial charge on any atom is 0.253 e. The smallest absolute Gasteiger partial charge is 0.253 e. The van der Waals surface area contributed by atoms with Crippen LogP contribution in [0.5, 0.6) is 0 Å². The number of nitrogens with one attached hydrogen (secondary N) is 1. The number of rotatable bonds is 8. The van der Waals surface area contributed by atoms with Crippen molar-refractivity contribution in [1.29, 1.82) is 0 Å². The van der Waals surface area contributed by atoms with E-state index >= 15 is 0 Å². The highest BCUT2D eigenvalue weighted by Gasteiger charge is 2.27. The van der Waals surface area contributed by atoms with Crippen LogP contribution in [0.25, 0.3) is 0 Å². The van der Waals surface area contributed by atoms with Crippen LogP contribution in [0.2, 0.25) is 0 Å². The van der Waals surface area contributed by atoms with E-state index in [0.717, 1.165) is 32.7 Å². The van der Waals surface area contributed by atoms with E-state index in [-0.39, 0.29) is 12.0 Å². The van der Waals surface area contributed by atoms with Gasteiger partial charge in [-0.1, -0.05) is 19.9 Å². The first-order valence-corrected chi connectivity index (χ1v) is 8.98. The van der Waals surface area contributed by atoms with Crippen LogP contribution in [0.1, 0.15) is 18.7 Å². The fraction of sp³-hybridized carbons (Fsp3) is 0.688.